The van der Waals surface area contributed by atoms with Gasteiger partial charge in [-0.05, 0) is 32.5 Å². The standard InChI is InChI=1S/C8H12BF3NO.K/c1-7-3-4-8(14-7)5-13(2)6-9(10,11)12;/h3-4H,5-6H2,1-2H3;/q-1;+1. The molecule has 0 radical (unpaired) electrons. The maximum atomic E-state index is 12.0. The first-order valence-electron chi connectivity index (χ1n) is 4.32. The molecule has 0 spiro atoms. The molecule has 15 heavy (non-hydrogen) atoms. The summed E-state index contributed by atoms with van der Waals surface area (Å²) in [6, 6.07) is 3.43. The molecule has 0 saturated heterocycles. The van der Waals surface area contributed by atoms with Crippen LogP contribution in [0.15, 0.2) is 16.5 Å². The van der Waals surface area contributed by atoms with Gasteiger partial charge in [0.15, 0.2) is 0 Å². The maximum absolute atomic E-state index is 12.0. The van der Waals surface area contributed by atoms with Gasteiger partial charge in [-0.1, -0.05) is 0 Å². The van der Waals surface area contributed by atoms with Gasteiger partial charge in [-0.25, -0.2) is 0 Å². The minimum Gasteiger partial charge on any atom is -0.465 e. The monoisotopic (exact) mass is 245 g/mol. The van der Waals surface area contributed by atoms with Crippen LogP contribution < -0.4 is 51.4 Å². The third kappa shape index (κ3) is 6.81. The van der Waals surface area contributed by atoms with Gasteiger partial charge in [0.2, 0.25) is 0 Å². The van der Waals surface area contributed by atoms with E-state index in [4.69, 9.17) is 4.42 Å². The summed E-state index contributed by atoms with van der Waals surface area (Å²) >= 11 is 0. The SMILES string of the molecule is Cc1ccc(CN(C)C[B-](F)(F)F)o1.[K+]. The maximum Gasteiger partial charge on any atom is 1.00 e. The summed E-state index contributed by atoms with van der Waals surface area (Å²) in [5.41, 5.74) is 0. The molecule has 0 unspecified atom stereocenters. The quantitative estimate of drug-likeness (QED) is 0.659. The van der Waals surface area contributed by atoms with Crippen LogP contribution in [0.1, 0.15) is 11.5 Å². The Morgan fingerprint density at radius 1 is 1.33 bits per heavy atom. The zero-order chi connectivity index (χ0) is 10.8. The molecule has 0 N–H and O–H groups in total. The van der Waals surface area contributed by atoms with Gasteiger partial charge < -0.3 is 22.3 Å². The van der Waals surface area contributed by atoms with Crippen molar-refractivity contribution in [2.75, 3.05) is 13.5 Å². The van der Waals surface area contributed by atoms with Gasteiger partial charge in [-0.2, -0.15) is 0 Å². The predicted octanol–water partition coefficient (Wildman–Crippen LogP) is -0.590. The molecule has 0 amide bonds. The fourth-order valence-electron chi connectivity index (χ4n) is 1.25. The number of hydrogen-bond acceptors (Lipinski definition) is 2. The average Bonchev–Trinajstić information content (AvgIpc) is 2.30. The Bertz CT molecular complexity index is 302. The van der Waals surface area contributed by atoms with E-state index in [-0.39, 0.29) is 57.9 Å². The van der Waals surface area contributed by atoms with Crippen LogP contribution in [0.4, 0.5) is 12.9 Å². The van der Waals surface area contributed by atoms with E-state index < -0.39 is 13.4 Å². The minimum absolute atomic E-state index is 0. The number of halogens is 3. The van der Waals surface area contributed by atoms with Gasteiger partial charge in [0, 0.05) is 0 Å². The molecule has 0 aliphatic carbocycles. The van der Waals surface area contributed by atoms with Crippen LogP contribution in [0.3, 0.4) is 0 Å². The summed E-state index contributed by atoms with van der Waals surface area (Å²) in [6.45, 7) is -2.80. The number of furan rings is 1. The molecule has 2 nitrogen and oxygen atoms in total. The minimum atomic E-state index is -4.75. The van der Waals surface area contributed by atoms with Crippen molar-refractivity contribution in [3.63, 3.8) is 0 Å². The van der Waals surface area contributed by atoms with Crippen molar-refractivity contribution in [2.24, 2.45) is 0 Å². The molecule has 7 heteroatoms. The molecule has 1 aromatic heterocycles. The second-order valence-corrected chi connectivity index (χ2v) is 3.42. The zero-order valence-corrected chi connectivity index (χ0v) is 12.3. The molecule has 1 aromatic rings. The first-order valence-corrected chi connectivity index (χ1v) is 4.32. The Morgan fingerprint density at radius 2 is 1.93 bits per heavy atom. The number of nitrogens with zero attached hydrogens (tertiary/aromatic N) is 1. The molecule has 1 rings (SSSR count). The molecule has 0 aliphatic heterocycles. The Kier molecular flexibility index (Phi) is 6.78. The van der Waals surface area contributed by atoms with E-state index >= 15 is 0 Å². The zero-order valence-electron chi connectivity index (χ0n) is 9.14. The van der Waals surface area contributed by atoms with E-state index in [1.807, 2.05) is 0 Å². The van der Waals surface area contributed by atoms with E-state index in [1.165, 1.54) is 11.9 Å². The van der Waals surface area contributed by atoms with Gasteiger partial charge >= 0.3 is 58.4 Å². The Balaban J connectivity index is 0.00000196. The first-order chi connectivity index (χ1) is 6.37. The molecule has 0 fully saturated rings. The van der Waals surface area contributed by atoms with Crippen LogP contribution in [0, 0.1) is 6.92 Å². The van der Waals surface area contributed by atoms with Gasteiger partial charge in [0.1, 0.15) is 11.5 Å². The van der Waals surface area contributed by atoms with Crippen molar-refractivity contribution in [1.82, 2.24) is 4.90 Å². The summed E-state index contributed by atoms with van der Waals surface area (Å²) in [5.74, 6) is 1.27. The third-order valence-electron chi connectivity index (χ3n) is 1.74. The van der Waals surface area contributed by atoms with Gasteiger partial charge in [0.05, 0.1) is 6.54 Å². The molecular formula is C8H12BF3KNO. The van der Waals surface area contributed by atoms with Crippen LogP contribution in [0.5, 0.6) is 0 Å². The van der Waals surface area contributed by atoms with Crippen LogP contribution in [-0.2, 0) is 6.54 Å². The molecular weight excluding hydrogens is 233 g/mol. The Morgan fingerprint density at radius 3 is 2.33 bits per heavy atom. The molecule has 0 bridgehead atoms. The molecule has 1 heterocycles. The second kappa shape index (κ2) is 6.46. The van der Waals surface area contributed by atoms with Crippen LogP contribution >= 0.6 is 0 Å². The molecule has 80 valence electrons. The van der Waals surface area contributed by atoms with Crippen molar-refractivity contribution < 1.29 is 68.7 Å². The average molecular weight is 245 g/mol. The van der Waals surface area contributed by atoms with E-state index in [1.54, 1.807) is 19.1 Å². The van der Waals surface area contributed by atoms with Crippen LogP contribution in [0.25, 0.3) is 0 Å². The van der Waals surface area contributed by atoms with Gasteiger partial charge in [-0.15, -0.1) is 0 Å². The third-order valence-corrected chi connectivity index (χ3v) is 1.74. The fourth-order valence-corrected chi connectivity index (χ4v) is 1.25. The summed E-state index contributed by atoms with van der Waals surface area (Å²) in [6.07, 6.45) is -0.861. The first kappa shape index (κ1) is 15.7. The Hall–Kier alpha value is 0.731. The second-order valence-electron chi connectivity index (χ2n) is 3.42. The van der Waals surface area contributed by atoms with Gasteiger partial charge in [0.25, 0.3) is 0 Å². The van der Waals surface area contributed by atoms with Gasteiger partial charge in [-0.3, -0.25) is 0 Å². The topological polar surface area (TPSA) is 16.4 Å². The Labute approximate surface area is 130 Å². The summed E-state index contributed by atoms with van der Waals surface area (Å²) < 4.78 is 41.2. The summed E-state index contributed by atoms with van der Waals surface area (Å²) in [5, 5.41) is 0. The van der Waals surface area contributed by atoms with E-state index in [0.29, 0.717) is 11.5 Å². The normalized spacial score (nSPS) is 11.6. The van der Waals surface area contributed by atoms with Crippen molar-refractivity contribution in [3.05, 3.63) is 23.7 Å². The molecule has 0 atom stereocenters. The molecule has 0 saturated carbocycles. The van der Waals surface area contributed by atoms with Crippen LogP contribution in [-0.4, -0.2) is 25.4 Å². The van der Waals surface area contributed by atoms with Crippen molar-refractivity contribution in [3.8, 4) is 0 Å². The fraction of sp³-hybridized carbons (Fsp3) is 0.500. The van der Waals surface area contributed by atoms with Crippen molar-refractivity contribution >= 4 is 6.98 Å². The molecule has 0 aromatic carbocycles. The van der Waals surface area contributed by atoms with Crippen molar-refractivity contribution in [1.29, 1.82) is 0 Å². The smallest absolute Gasteiger partial charge is 0.465 e. The summed E-state index contributed by atoms with van der Waals surface area (Å²) in [4.78, 5) is 1.19. The number of rotatable bonds is 4. The van der Waals surface area contributed by atoms with E-state index in [9.17, 15) is 12.9 Å². The van der Waals surface area contributed by atoms with Crippen molar-refractivity contribution in [2.45, 2.75) is 13.5 Å². The van der Waals surface area contributed by atoms with E-state index in [2.05, 4.69) is 0 Å². The predicted molar refractivity (Wildman–Crippen MR) is 48.9 cm³/mol. The van der Waals surface area contributed by atoms with Crippen LogP contribution in [0.2, 0.25) is 0 Å². The largest absolute Gasteiger partial charge is 1.00 e. The number of hydrogen-bond donors (Lipinski definition) is 0. The number of aryl methyl sites for hydroxylation is 1. The molecule has 0 aliphatic rings. The van der Waals surface area contributed by atoms with E-state index in [0.717, 1.165) is 0 Å². The summed E-state index contributed by atoms with van der Waals surface area (Å²) in [7, 11) is 1.42.